The Morgan fingerprint density at radius 1 is 0.969 bits per heavy atom. The fraction of sp³-hybridized carbons (Fsp3) is 0.321. The average Bonchev–Trinajstić information content (AvgIpc) is 3.04. The molecule has 1 saturated carbocycles. The number of fused-ring (bicyclic) bond motifs is 6. The van der Waals surface area contributed by atoms with Gasteiger partial charge >= 0.3 is 21.7 Å². The van der Waals surface area contributed by atoms with E-state index >= 15 is 0 Å². The van der Waals surface area contributed by atoms with Crippen molar-refractivity contribution in [1.82, 2.24) is 0 Å². The van der Waals surface area contributed by atoms with E-state index in [1.165, 1.54) is 44.7 Å². The van der Waals surface area contributed by atoms with Crippen LogP contribution in [-0.2, 0) is 26.5 Å². The van der Waals surface area contributed by atoms with Crippen molar-refractivity contribution >= 4 is 44.0 Å². The van der Waals surface area contributed by atoms with E-state index in [1.807, 2.05) is 6.07 Å². The molecule has 0 aromatic heterocycles. The molecule has 0 bridgehead atoms. The van der Waals surface area contributed by atoms with E-state index in [4.69, 9.17) is 5.73 Å². The summed E-state index contributed by atoms with van der Waals surface area (Å²) in [5.41, 5.74) is 11.1. The van der Waals surface area contributed by atoms with Crippen LogP contribution < -0.4 is 0 Å². The standard InChI is InChI=1S/C19H15.C7H13NO.2CH3.Si.Ti/c1-12-11-13(2)19-17-10-6-4-8-15(17)14-7-3-5-9-16(14)18(12)19;8-7(9)6-4-2-1-3-5-6;;;;/h3-9,11,13H,1-2H3;6H,1-5H2,(H2,8,9);2*1H3;;/q-1;;2*-1;;+4/p-1. The van der Waals surface area contributed by atoms with Crippen molar-refractivity contribution in [3.8, 4) is 0 Å². The summed E-state index contributed by atoms with van der Waals surface area (Å²) >= 11 is 0. The average molecular weight is 476 g/mol. The van der Waals surface area contributed by atoms with Gasteiger partial charge in [-0.15, -0.1) is 40.6 Å². The summed E-state index contributed by atoms with van der Waals surface area (Å²) in [7, 11) is 0. The molecule has 0 heterocycles. The van der Waals surface area contributed by atoms with E-state index in [9.17, 15) is 4.79 Å². The van der Waals surface area contributed by atoms with Gasteiger partial charge in [0.05, 0.1) is 5.91 Å². The van der Waals surface area contributed by atoms with Crippen LogP contribution in [0.25, 0.3) is 32.9 Å². The number of nitrogens with one attached hydrogen (secondary N) is 1. The molecule has 4 radical (unpaired) electrons. The van der Waals surface area contributed by atoms with Crippen molar-refractivity contribution in [3.05, 3.63) is 86.3 Å². The molecule has 3 aromatic rings. The maximum atomic E-state index is 10.5. The Morgan fingerprint density at radius 2 is 1.56 bits per heavy atom. The Morgan fingerprint density at radius 3 is 2.16 bits per heavy atom. The summed E-state index contributed by atoms with van der Waals surface area (Å²) in [5, 5.41) is 5.33. The molecule has 32 heavy (non-hydrogen) atoms. The second-order valence-corrected chi connectivity index (χ2v) is 8.13. The molecule has 2 nitrogen and oxygen atoms in total. The van der Waals surface area contributed by atoms with Crippen LogP contribution in [0, 0.1) is 26.8 Å². The number of hydrogen-bond donors (Lipinski definition) is 0. The molecule has 1 unspecified atom stereocenters. The number of benzene rings is 3. The Labute approximate surface area is 214 Å². The third-order valence-electron chi connectivity index (χ3n) is 6.21. The van der Waals surface area contributed by atoms with Gasteiger partial charge in [0, 0.05) is 16.9 Å². The van der Waals surface area contributed by atoms with E-state index in [2.05, 4.69) is 62.4 Å². The zero-order valence-corrected chi connectivity index (χ0v) is 22.3. The van der Waals surface area contributed by atoms with Gasteiger partial charge in [-0.2, -0.15) is 0 Å². The first-order valence-corrected chi connectivity index (χ1v) is 10.4. The molecule has 2 aliphatic carbocycles. The van der Waals surface area contributed by atoms with Crippen LogP contribution in [0.1, 0.15) is 63.0 Å². The quantitative estimate of drug-likeness (QED) is 0.200. The van der Waals surface area contributed by atoms with Gasteiger partial charge in [-0.3, -0.25) is 0 Å². The first-order valence-electron chi connectivity index (χ1n) is 10.4. The fourth-order valence-corrected chi connectivity index (χ4v) is 4.88. The SMILES string of the molecule is CC1=CC(C)c2c1c1ccccc1c1ccc[c-]c21.[CH3-].[CH3-].[NH-]C(=O)C1CCCCC1.[Si].[Ti+4]. The molecule has 4 heteroatoms. The number of rotatable bonds is 1. The second kappa shape index (κ2) is 13.1. The zero-order valence-electron chi connectivity index (χ0n) is 19.7. The smallest absolute Gasteiger partial charge is 0.668 e. The molecule has 2 aliphatic rings. The van der Waals surface area contributed by atoms with Crippen molar-refractivity contribution in [2.45, 2.75) is 51.9 Å². The minimum Gasteiger partial charge on any atom is -0.668 e. The van der Waals surface area contributed by atoms with Crippen LogP contribution in [0.15, 0.2) is 48.5 Å². The summed E-state index contributed by atoms with van der Waals surface area (Å²) < 4.78 is 0. The normalized spacial score (nSPS) is 16.7. The molecule has 5 rings (SSSR count). The number of hydrogen-bond acceptors (Lipinski definition) is 1. The maximum absolute atomic E-state index is 10.5. The third-order valence-corrected chi connectivity index (χ3v) is 6.21. The van der Waals surface area contributed by atoms with Crippen LogP contribution in [-0.4, -0.2) is 16.9 Å². The van der Waals surface area contributed by atoms with Crippen LogP contribution in [0.2, 0.25) is 0 Å². The summed E-state index contributed by atoms with van der Waals surface area (Å²) in [6, 6.07) is 18.5. The number of carbonyl (C=O) groups excluding carboxylic acids is 1. The number of amides is 1. The molecule has 3 aromatic carbocycles. The van der Waals surface area contributed by atoms with Crippen LogP contribution in [0.3, 0.4) is 0 Å². The third kappa shape index (κ3) is 5.81. The Balaban J connectivity index is 0.000000646. The molecule has 0 spiro atoms. The minimum absolute atomic E-state index is 0. The molecule has 1 atom stereocenters. The van der Waals surface area contributed by atoms with Crippen molar-refractivity contribution in [2.75, 3.05) is 0 Å². The van der Waals surface area contributed by atoms with Crippen LogP contribution >= 0.6 is 0 Å². The van der Waals surface area contributed by atoms with Gasteiger partial charge in [0.1, 0.15) is 0 Å². The first-order chi connectivity index (χ1) is 13.6. The molecule has 164 valence electrons. The first kappa shape index (κ1) is 30.3. The minimum atomic E-state index is -0.352. The van der Waals surface area contributed by atoms with E-state index in [0.29, 0.717) is 5.92 Å². The second-order valence-electron chi connectivity index (χ2n) is 8.13. The maximum Gasteiger partial charge on any atom is 4.00 e. The Kier molecular flexibility index (Phi) is 12.4. The number of allylic oxidation sites excluding steroid dienone is 2. The van der Waals surface area contributed by atoms with Crippen LogP contribution in [0.5, 0.6) is 0 Å². The van der Waals surface area contributed by atoms with Crippen molar-refractivity contribution < 1.29 is 26.5 Å². The molecule has 0 aliphatic heterocycles. The molecule has 0 saturated heterocycles. The zero-order chi connectivity index (χ0) is 19.7. The van der Waals surface area contributed by atoms with E-state index in [0.717, 1.165) is 25.7 Å². The predicted octanol–water partition coefficient (Wildman–Crippen LogP) is 7.98. The van der Waals surface area contributed by atoms with Gasteiger partial charge in [-0.1, -0.05) is 73.1 Å². The van der Waals surface area contributed by atoms with Gasteiger partial charge in [0.25, 0.3) is 0 Å². The Bertz CT molecular complexity index is 1070. The topological polar surface area (TPSA) is 40.9 Å². The fourth-order valence-electron chi connectivity index (χ4n) is 4.88. The largest absolute Gasteiger partial charge is 4.00 e. The monoisotopic (exact) mass is 475 g/mol. The summed E-state index contributed by atoms with van der Waals surface area (Å²) in [4.78, 5) is 10.5. The molecular weight excluding hydrogens is 442 g/mol. The summed E-state index contributed by atoms with van der Waals surface area (Å²) in [6.45, 7) is 4.51. The van der Waals surface area contributed by atoms with E-state index < -0.39 is 0 Å². The van der Waals surface area contributed by atoms with Gasteiger partial charge in [0.2, 0.25) is 0 Å². The van der Waals surface area contributed by atoms with Crippen molar-refractivity contribution in [3.63, 3.8) is 0 Å². The molecular formula is C28H33NOSiTi. The van der Waals surface area contributed by atoms with E-state index in [-0.39, 0.29) is 59.4 Å². The molecule has 1 fully saturated rings. The van der Waals surface area contributed by atoms with Gasteiger partial charge in [0.15, 0.2) is 0 Å². The summed E-state index contributed by atoms with van der Waals surface area (Å²) in [5.74, 6) is 0.217. The molecule has 1 amide bonds. The van der Waals surface area contributed by atoms with E-state index in [1.54, 1.807) is 0 Å². The predicted molar refractivity (Wildman–Crippen MR) is 137 cm³/mol. The van der Waals surface area contributed by atoms with Crippen molar-refractivity contribution in [2.24, 2.45) is 5.92 Å². The summed E-state index contributed by atoms with van der Waals surface area (Å²) in [6.07, 6.45) is 7.84. The van der Waals surface area contributed by atoms with Gasteiger partial charge < -0.3 is 25.4 Å². The van der Waals surface area contributed by atoms with Crippen LogP contribution in [0.4, 0.5) is 0 Å². The molecule has 1 N–H and O–H groups in total. The van der Waals surface area contributed by atoms with Gasteiger partial charge in [-0.05, 0) is 31.1 Å². The van der Waals surface area contributed by atoms with Gasteiger partial charge in [-0.25, -0.2) is 0 Å². The van der Waals surface area contributed by atoms with Crippen molar-refractivity contribution in [1.29, 1.82) is 0 Å². The Hall–Kier alpha value is -1.68. The number of carbonyl (C=O) groups is 1.